The SMILES string of the molecule is CC(C)c1cc(CNc2ncccn2)cc(S(F)(F)(F)(F)F)c1. The lowest BCUT2D eigenvalue weighted by atomic mass is 10.0. The molecule has 1 aromatic heterocycles. The summed E-state index contributed by atoms with van der Waals surface area (Å²) in [4.78, 5) is 5.86. The normalized spacial score (nSPS) is 15.1. The van der Waals surface area contributed by atoms with Crippen LogP contribution in [0.4, 0.5) is 25.4 Å². The summed E-state index contributed by atoms with van der Waals surface area (Å²) in [6, 6.07) is 4.04. The molecule has 1 aromatic carbocycles. The summed E-state index contributed by atoms with van der Waals surface area (Å²) >= 11 is 0. The summed E-state index contributed by atoms with van der Waals surface area (Å²) in [6.07, 6.45) is 2.92. The van der Waals surface area contributed by atoms with Crippen LogP contribution < -0.4 is 5.32 Å². The lowest BCUT2D eigenvalue weighted by molar-refractivity contribution is 0.363. The van der Waals surface area contributed by atoms with Gasteiger partial charge in [0.2, 0.25) is 5.95 Å². The number of rotatable bonds is 5. The van der Waals surface area contributed by atoms with Gasteiger partial charge in [0.1, 0.15) is 4.90 Å². The zero-order valence-corrected chi connectivity index (χ0v) is 13.3. The summed E-state index contributed by atoms with van der Waals surface area (Å²) in [5, 5.41) is 2.71. The van der Waals surface area contributed by atoms with E-state index in [2.05, 4.69) is 15.3 Å². The molecular weight excluding hydrogens is 337 g/mol. The van der Waals surface area contributed by atoms with Crippen LogP contribution in [0.2, 0.25) is 0 Å². The first-order valence-corrected chi connectivity index (χ1v) is 8.69. The molecule has 2 aromatic rings. The van der Waals surface area contributed by atoms with Crippen molar-refractivity contribution in [2.24, 2.45) is 0 Å². The fourth-order valence-corrected chi connectivity index (χ4v) is 2.65. The van der Waals surface area contributed by atoms with Gasteiger partial charge in [-0.05, 0) is 35.2 Å². The molecule has 0 aliphatic heterocycles. The summed E-state index contributed by atoms with van der Waals surface area (Å²) in [5.41, 5.74) is 0.286. The van der Waals surface area contributed by atoms with Crippen LogP contribution in [0.1, 0.15) is 30.9 Å². The maximum atomic E-state index is 13.1. The summed E-state index contributed by atoms with van der Waals surface area (Å²) in [5.74, 6) is -0.113. The molecule has 1 N–H and O–H groups in total. The van der Waals surface area contributed by atoms with Crippen LogP contribution in [-0.4, -0.2) is 9.97 Å². The van der Waals surface area contributed by atoms with Crippen LogP contribution in [-0.2, 0) is 6.54 Å². The minimum Gasteiger partial charge on any atom is -0.350 e. The van der Waals surface area contributed by atoms with E-state index in [1.54, 1.807) is 19.9 Å². The molecule has 9 heteroatoms. The Labute approximate surface area is 130 Å². The number of hydrogen-bond donors (Lipinski definition) is 1. The van der Waals surface area contributed by atoms with E-state index in [1.807, 2.05) is 0 Å². The Morgan fingerprint density at radius 3 is 2.13 bits per heavy atom. The highest BCUT2D eigenvalue weighted by Gasteiger charge is 2.65. The third kappa shape index (κ3) is 4.78. The number of halogens is 5. The molecule has 23 heavy (non-hydrogen) atoms. The van der Waals surface area contributed by atoms with E-state index in [0.717, 1.165) is 0 Å². The van der Waals surface area contributed by atoms with Crippen LogP contribution in [0.3, 0.4) is 0 Å². The Hall–Kier alpha value is -1.90. The lowest BCUT2D eigenvalue weighted by Gasteiger charge is -2.41. The second-order valence-corrected chi connectivity index (χ2v) is 7.87. The van der Waals surface area contributed by atoms with E-state index in [0.29, 0.717) is 12.1 Å². The minimum atomic E-state index is -9.72. The Bertz CT molecular complexity index is 702. The summed E-state index contributed by atoms with van der Waals surface area (Å²) in [7, 11) is -9.72. The molecule has 0 aliphatic carbocycles. The van der Waals surface area contributed by atoms with E-state index in [9.17, 15) is 19.4 Å². The van der Waals surface area contributed by atoms with Crippen molar-refractivity contribution < 1.29 is 19.4 Å². The van der Waals surface area contributed by atoms with Crippen molar-refractivity contribution in [1.29, 1.82) is 0 Å². The van der Waals surface area contributed by atoms with Crippen LogP contribution in [0.5, 0.6) is 0 Å². The molecule has 0 aliphatic rings. The highest BCUT2D eigenvalue weighted by atomic mass is 32.5. The molecule has 0 unspecified atom stereocenters. The van der Waals surface area contributed by atoms with Gasteiger partial charge in [0, 0.05) is 18.9 Å². The van der Waals surface area contributed by atoms with Gasteiger partial charge >= 0.3 is 10.2 Å². The van der Waals surface area contributed by atoms with Gasteiger partial charge in [-0.15, -0.1) is 0 Å². The van der Waals surface area contributed by atoms with Crippen molar-refractivity contribution in [3.05, 3.63) is 47.8 Å². The topological polar surface area (TPSA) is 37.8 Å². The predicted molar refractivity (Wildman–Crippen MR) is 81.3 cm³/mol. The van der Waals surface area contributed by atoms with Crippen molar-refractivity contribution in [3.63, 3.8) is 0 Å². The molecule has 1 heterocycles. The van der Waals surface area contributed by atoms with Crippen molar-refractivity contribution in [1.82, 2.24) is 9.97 Å². The van der Waals surface area contributed by atoms with Crippen LogP contribution in [0.25, 0.3) is 0 Å². The number of anilines is 1. The van der Waals surface area contributed by atoms with Crippen molar-refractivity contribution >= 4 is 16.2 Å². The molecule has 0 bridgehead atoms. The maximum Gasteiger partial charge on any atom is 0.310 e. The molecule has 2 rings (SSSR count). The van der Waals surface area contributed by atoms with E-state index >= 15 is 0 Å². The predicted octanol–water partition coefficient (Wildman–Crippen LogP) is 5.87. The molecular formula is C14H16F5N3S. The average molecular weight is 353 g/mol. The van der Waals surface area contributed by atoms with E-state index in [-0.39, 0.29) is 29.5 Å². The number of aromatic nitrogens is 2. The molecule has 0 atom stereocenters. The van der Waals surface area contributed by atoms with E-state index in [1.165, 1.54) is 18.5 Å². The van der Waals surface area contributed by atoms with Crippen molar-refractivity contribution in [2.75, 3.05) is 5.32 Å². The Morgan fingerprint density at radius 1 is 1.00 bits per heavy atom. The number of nitrogens with zero attached hydrogens (tertiary/aromatic N) is 2. The van der Waals surface area contributed by atoms with Gasteiger partial charge in [0.05, 0.1) is 0 Å². The minimum absolute atomic E-state index is 0.0897. The van der Waals surface area contributed by atoms with E-state index in [4.69, 9.17) is 0 Å². The third-order valence-electron chi connectivity index (χ3n) is 3.12. The van der Waals surface area contributed by atoms with Crippen LogP contribution >= 0.6 is 10.2 Å². The van der Waals surface area contributed by atoms with E-state index < -0.39 is 15.1 Å². The third-order valence-corrected chi connectivity index (χ3v) is 4.24. The number of hydrogen-bond acceptors (Lipinski definition) is 3. The smallest absolute Gasteiger partial charge is 0.310 e. The summed E-state index contributed by atoms with van der Waals surface area (Å²) < 4.78 is 65.4. The Morgan fingerprint density at radius 2 is 1.61 bits per heavy atom. The first kappa shape index (κ1) is 17.5. The van der Waals surface area contributed by atoms with Gasteiger partial charge < -0.3 is 5.32 Å². The van der Waals surface area contributed by atoms with Crippen molar-refractivity contribution in [2.45, 2.75) is 31.2 Å². The van der Waals surface area contributed by atoms with Gasteiger partial charge in [-0.1, -0.05) is 39.3 Å². The zero-order valence-electron chi connectivity index (χ0n) is 12.4. The Kier molecular flexibility index (Phi) is 3.83. The maximum absolute atomic E-state index is 13.1. The van der Waals surface area contributed by atoms with Gasteiger partial charge in [-0.3, -0.25) is 0 Å². The van der Waals surface area contributed by atoms with Crippen LogP contribution in [0, 0.1) is 0 Å². The molecule has 0 radical (unpaired) electrons. The van der Waals surface area contributed by atoms with Crippen LogP contribution in [0.15, 0.2) is 41.6 Å². The molecule has 0 saturated heterocycles. The molecule has 3 nitrogen and oxygen atoms in total. The molecule has 0 fully saturated rings. The molecule has 0 saturated carbocycles. The molecule has 128 valence electrons. The quantitative estimate of drug-likeness (QED) is 0.683. The highest BCUT2D eigenvalue weighted by Crippen LogP contribution is 3.02. The highest BCUT2D eigenvalue weighted by molar-refractivity contribution is 8.45. The fourth-order valence-electron chi connectivity index (χ4n) is 1.92. The monoisotopic (exact) mass is 353 g/mol. The first-order valence-electron chi connectivity index (χ1n) is 6.74. The van der Waals surface area contributed by atoms with Gasteiger partial charge in [0.25, 0.3) is 0 Å². The number of nitrogens with one attached hydrogen (secondary N) is 1. The van der Waals surface area contributed by atoms with Gasteiger partial charge in [-0.25, -0.2) is 9.97 Å². The average Bonchev–Trinajstić information content (AvgIpc) is 2.43. The second kappa shape index (κ2) is 5.05. The standard InChI is InChI=1S/C14H16F5N3S/c1-10(2)12-6-11(9-22-14-20-4-3-5-21-14)7-13(8-12)23(15,16,17,18)19/h3-8,10H,9H2,1-2H3,(H,20,21,22). The molecule has 0 spiro atoms. The fraction of sp³-hybridized carbons (Fsp3) is 0.286. The summed E-state index contributed by atoms with van der Waals surface area (Å²) in [6.45, 7) is 3.19. The Balaban J connectivity index is 2.39. The largest absolute Gasteiger partial charge is 0.350 e. The first-order chi connectivity index (χ1) is 10.3. The van der Waals surface area contributed by atoms with Crippen molar-refractivity contribution in [3.8, 4) is 0 Å². The van der Waals surface area contributed by atoms with Gasteiger partial charge in [0.15, 0.2) is 0 Å². The van der Waals surface area contributed by atoms with Gasteiger partial charge in [-0.2, -0.15) is 0 Å². The number of benzene rings is 1. The molecule has 0 amide bonds. The zero-order chi connectivity index (χ0) is 17.4. The lowest BCUT2D eigenvalue weighted by Crippen LogP contribution is -2.10. The second-order valence-electron chi connectivity index (χ2n) is 5.46.